The minimum atomic E-state index is 0.705. The van der Waals surface area contributed by atoms with E-state index in [2.05, 4.69) is 19.2 Å². The molecule has 2 nitrogen and oxygen atoms in total. The van der Waals surface area contributed by atoms with Crippen LogP contribution in [0.4, 0.5) is 0 Å². The van der Waals surface area contributed by atoms with Crippen LogP contribution >= 0.6 is 11.3 Å². The third kappa shape index (κ3) is 3.82. The fourth-order valence-corrected chi connectivity index (χ4v) is 4.35. The van der Waals surface area contributed by atoms with Gasteiger partial charge in [0.15, 0.2) is 0 Å². The number of aromatic nitrogens is 1. The van der Waals surface area contributed by atoms with Gasteiger partial charge in [-0.25, -0.2) is 4.98 Å². The Balaban J connectivity index is 1.72. The maximum absolute atomic E-state index is 5.05. The SMILES string of the molecule is CC(C)Cc1nc(C2CCCCC2)sc1CNC1CC1. The Morgan fingerprint density at radius 2 is 1.90 bits per heavy atom. The van der Waals surface area contributed by atoms with E-state index < -0.39 is 0 Å². The molecule has 0 bridgehead atoms. The molecule has 2 fully saturated rings. The zero-order chi connectivity index (χ0) is 13.9. The zero-order valence-corrected chi connectivity index (χ0v) is 13.8. The Bertz CT molecular complexity index is 428. The van der Waals surface area contributed by atoms with Crippen molar-refractivity contribution in [2.45, 2.75) is 83.7 Å². The predicted molar refractivity (Wildman–Crippen MR) is 86.3 cm³/mol. The standard InChI is InChI=1S/C17H28N2S/c1-12(2)10-15-16(11-18-14-8-9-14)20-17(19-15)13-6-4-3-5-7-13/h12-14,18H,3-11H2,1-2H3. The van der Waals surface area contributed by atoms with E-state index in [4.69, 9.17) is 4.98 Å². The van der Waals surface area contributed by atoms with Gasteiger partial charge in [0.05, 0.1) is 10.7 Å². The fourth-order valence-electron chi connectivity index (χ4n) is 3.14. The second kappa shape index (κ2) is 6.57. The largest absolute Gasteiger partial charge is 0.309 e. The average Bonchev–Trinajstić information content (AvgIpc) is 3.19. The number of hydrogen-bond donors (Lipinski definition) is 1. The lowest BCUT2D eigenvalue weighted by Crippen LogP contribution is -2.15. The van der Waals surface area contributed by atoms with Crippen LogP contribution in [0.3, 0.4) is 0 Å². The molecular formula is C17H28N2S. The Morgan fingerprint density at radius 3 is 2.55 bits per heavy atom. The van der Waals surface area contributed by atoms with Gasteiger partial charge in [-0.3, -0.25) is 0 Å². The third-order valence-corrected chi connectivity index (χ3v) is 5.74. The van der Waals surface area contributed by atoms with E-state index >= 15 is 0 Å². The molecule has 2 saturated carbocycles. The minimum absolute atomic E-state index is 0.705. The van der Waals surface area contributed by atoms with Crippen LogP contribution < -0.4 is 5.32 Å². The minimum Gasteiger partial charge on any atom is -0.309 e. The van der Waals surface area contributed by atoms with Gasteiger partial charge in [-0.05, 0) is 38.0 Å². The molecule has 0 radical (unpaired) electrons. The lowest BCUT2D eigenvalue weighted by molar-refractivity contribution is 0.441. The van der Waals surface area contributed by atoms with Crippen molar-refractivity contribution in [3.05, 3.63) is 15.6 Å². The van der Waals surface area contributed by atoms with Crippen molar-refractivity contribution in [2.24, 2.45) is 5.92 Å². The number of hydrogen-bond acceptors (Lipinski definition) is 3. The van der Waals surface area contributed by atoms with Crippen molar-refractivity contribution in [1.29, 1.82) is 0 Å². The summed E-state index contributed by atoms with van der Waals surface area (Å²) in [6.07, 6.45) is 10.8. The Morgan fingerprint density at radius 1 is 1.15 bits per heavy atom. The molecule has 1 N–H and O–H groups in total. The fraction of sp³-hybridized carbons (Fsp3) is 0.824. The summed E-state index contributed by atoms with van der Waals surface area (Å²) >= 11 is 2.00. The van der Waals surface area contributed by atoms with Crippen LogP contribution in [0.25, 0.3) is 0 Å². The van der Waals surface area contributed by atoms with Gasteiger partial charge in [-0.1, -0.05) is 33.1 Å². The first-order chi connectivity index (χ1) is 9.72. The molecule has 20 heavy (non-hydrogen) atoms. The summed E-state index contributed by atoms with van der Waals surface area (Å²) in [4.78, 5) is 6.57. The molecule has 1 aromatic rings. The normalized spacial score (nSPS) is 20.8. The van der Waals surface area contributed by atoms with Gasteiger partial charge in [0.2, 0.25) is 0 Å². The molecule has 0 amide bonds. The summed E-state index contributed by atoms with van der Waals surface area (Å²) in [6, 6.07) is 0.794. The van der Waals surface area contributed by atoms with Gasteiger partial charge in [0.25, 0.3) is 0 Å². The Labute approximate surface area is 127 Å². The van der Waals surface area contributed by atoms with Crippen molar-refractivity contribution in [2.75, 3.05) is 0 Å². The smallest absolute Gasteiger partial charge is 0.0962 e. The van der Waals surface area contributed by atoms with E-state index in [0.717, 1.165) is 24.9 Å². The molecule has 3 rings (SSSR count). The Kier molecular flexibility index (Phi) is 4.77. The monoisotopic (exact) mass is 292 g/mol. The molecule has 0 unspecified atom stereocenters. The Hall–Kier alpha value is -0.410. The summed E-state index contributed by atoms with van der Waals surface area (Å²) in [5.41, 5.74) is 1.39. The van der Waals surface area contributed by atoms with Crippen molar-refractivity contribution in [3.63, 3.8) is 0 Å². The average molecular weight is 292 g/mol. The highest BCUT2D eigenvalue weighted by atomic mass is 32.1. The lowest BCUT2D eigenvalue weighted by Gasteiger charge is -2.18. The molecule has 0 saturated heterocycles. The van der Waals surface area contributed by atoms with E-state index in [0.29, 0.717) is 5.92 Å². The first-order valence-electron chi connectivity index (χ1n) is 8.44. The number of thiazole rings is 1. The lowest BCUT2D eigenvalue weighted by atomic mass is 9.90. The first kappa shape index (κ1) is 14.5. The van der Waals surface area contributed by atoms with Gasteiger partial charge in [-0.2, -0.15) is 0 Å². The van der Waals surface area contributed by atoms with Gasteiger partial charge in [-0.15, -0.1) is 11.3 Å². The van der Waals surface area contributed by atoms with Gasteiger partial charge < -0.3 is 5.32 Å². The second-order valence-electron chi connectivity index (χ2n) is 7.01. The predicted octanol–water partition coefficient (Wildman–Crippen LogP) is 4.64. The molecular weight excluding hydrogens is 264 g/mol. The second-order valence-corrected chi connectivity index (χ2v) is 8.13. The van der Waals surface area contributed by atoms with Gasteiger partial charge >= 0.3 is 0 Å². The molecule has 2 aliphatic carbocycles. The molecule has 1 aromatic heterocycles. The van der Waals surface area contributed by atoms with Crippen LogP contribution in [0, 0.1) is 5.92 Å². The number of nitrogens with one attached hydrogen (secondary N) is 1. The maximum atomic E-state index is 5.05. The molecule has 0 aromatic carbocycles. The van der Waals surface area contributed by atoms with Crippen molar-refractivity contribution >= 4 is 11.3 Å². The number of rotatable bonds is 6. The molecule has 0 atom stereocenters. The van der Waals surface area contributed by atoms with E-state index in [9.17, 15) is 0 Å². The quantitative estimate of drug-likeness (QED) is 0.826. The summed E-state index contributed by atoms with van der Waals surface area (Å²) in [6.45, 7) is 5.66. The maximum Gasteiger partial charge on any atom is 0.0962 e. The van der Waals surface area contributed by atoms with Crippen LogP contribution in [-0.2, 0) is 13.0 Å². The highest BCUT2D eigenvalue weighted by Crippen LogP contribution is 2.36. The van der Waals surface area contributed by atoms with E-state index in [1.54, 1.807) is 0 Å². The molecule has 112 valence electrons. The number of nitrogens with zero attached hydrogens (tertiary/aromatic N) is 1. The van der Waals surface area contributed by atoms with Gasteiger partial charge in [0, 0.05) is 23.4 Å². The molecule has 2 aliphatic rings. The molecule has 0 spiro atoms. The van der Waals surface area contributed by atoms with Crippen LogP contribution in [0.15, 0.2) is 0 Å². The summed E-state index contributed by atoms with van der Waals surface area (Å²) in [5, 5.41) is 5.11. The van der Waals surface area contributed by atoms with Crippen molar-refractivity contribution in [3.8, 4) is 0 Å². The summed E-state index contributed by atoms with van der Waals surface area (Å²) in [5.74, 6) is 1.46. The highest BCUT2D eigenvalue weighted by molar-refractivity contribution is 7.11. The van der Waals surface area contributed by atoms with Gasteiger partial charge in [0.1, 0.15) is 0 Å². The topological polar surface area (TPSA) is 24.9 Å². The molecule has 1 heterocycles. The molecule has 3 heteroatoms. The third-order valence-electron chi connectivity index (χ3n) is 4.48. The zero-order valence-electron chi connectivity index (χ0n) is 13.0. The van der Waals surface area contributed by atoms with E-state index in [1.165, 1.54) is 60.5 Å². The first-order valence-corrected chi connectivity index (χ1v) is 9.26. The van der Waals surface area contributed by atoms with Crippen molar-refractivity contribution < 1.29 is 0 Å². The van der Waals surface area contributed by atoms with Crippen LogP contribution in [0.2, 0.25) is 0 Å². The van der Waals surface area contributed by atoms with Crippen LogP contribution in [-0.4, -0.2) is 11.0 Å². The highest BCUT2D eigenvalue weighted by Gasteiger charge is 2.24. The van der Waals surface area contributed by atoms with Crippen LogP contribution in [0.1, 0.15) is 80.3 Å². The van der Waals surface area contributed by atoms with E-state index in [-0.39, 0.29) is 0 Å². The summed E-state index contributed by atoms with van der Waals surface area (Å²) < 4.78 is 0. The molecule has 0 aliphatic heterocycles. The van der Waals surface area contributed by atoms with Crippen LogP contribution in [0.5, 0.6) is 0 Å². The van der Waals surface area contributed by atoms with E-state index in [1.807, 2.05) is 11.3 Å². The summed E-state index contributed by atoms with van der Waals surface area (Å²) in [7, 11) is 0. The van der Waals surface area contributed by atoms with Crippen molar-refractivity contribution in [1.82, 2.24) is 10.3 Å².